The third-order valence-electron chi connectivity index (χ3n) is 6.40. The smallest absolute Gasteiger partial charge is 0.226 e. The number of piperazine rings is 1. The number of carbonyl (C=O) groups excluding carboxylic acids is 1. The van der Waals surface area contributed by atoms with E-state index in [0.29, 0.717) is 12.3 Å². The Labute approximate surface area is 175 Å². The van der Waals surface area contributed by atoms with Crippen molar-refractivity contribution >= 4 is 5.91 Å². The molecule has 4 heteroatoms. The number of hydrogen-bond acceptors (Lipinski definition) is 3. The zero-order valence-electron chi connectivity index (χ0n) is 17.6. The van der Waals surface area contributed by atoms with Gasteiger partial charge in [0.15, 0.2) is 0 Å². The number of likely N-dealkylation sites (N-methyl/N-ethyl adjacent to an activating group) is 1. The van der Waals surface area contributed by atoms with Gasteiger partial charge in [-0.3, -0.25) is 4.79 Å². The number of likely N-dealkylation sites (tertiary alicyclic amines) is 1. The number of carbonyl (C=O) groups is 1. The van der Waals surface area contributed by atoms with Crippen molar-refractivity contribution in [3.8, 4) is 11.1 Å². The first kappa shape index (κ1) is 20.1. The molecule has 154 valence electrons. The highest BCUT2D eigenvalue weighted by Crippen LogP contribution is 2.22. The first-order valence-corrected chi connectivity index (χ1v) is 11.0. The van der Waals surface area contributed by atoms with Gasteiger partial charge in [0.25, 0.3) is 0 Å². The zero-order valence-corrected chi connectivity index (χ0v) is 17.6. The fourth-order valence-electron chi connectivity index (χ4n) is 4.57. The second-order valence-corrected chi connectivity index (χ2v) is 8.69. The molecule has 4 nitrogen and oxygen atoms in total. The maximum absolute atomic E-state index is 12.9. The molecule has 2 heterocycles. The molecule has 2 aromatic carbocycles. The predicted octanol–water partition coefficient (Wildman–Crippen LogP) is 3.38. The summed E-state index contributed by atoms with van der Waals surface area (Å²) in [5, 5.41) is 0. The molecule has 29 heavy (non-hydrogen) atoms. The molecule has 0 aromatic heterocycles. The summed E-state index contributed by atoms with van der Waals surface area (Å²) in [7, 11) is 2.20. The predicted molar refractivity (Wildman–Crippen MR) is 119 cm³/mol. The SMILES string of the molecule is CN1CCN(CC2CCCN(C(=O)Cc3ccc(-c4ccccc4)cc3)C2)CC1. The molecule has 0 bridgehead atoms. The van der Waals surface area contributed by atoms with E-state index in [0.717, 1.165) is 57.8 Å². The minimum Gasteiger partial charge on any atom is -0.342 e. The highest BCUT2D eigenvalue weighted by molar-refractivity contribution is 5.79. The van der Waals surface area contributed by atoms with Crippen molar-refractivity contribution in [3.63, 3.8) is 0 Å². The topological polar surface area (TPSA) is 26.8 Å². The largest absolute Gasteiger partial charge is 0.342 e. The van der Waals surface area contributed by atoms with E-state index < -0.39 is 0 Å². The molecule has 2 aliphatic heterocycles. The summed E-state index contributed by atoms with van der Waals surface area (Å²) in [5.41, 5.74) is 3.52. The quantitative estimate of drug-likeness (QED) is 0.782. The summed E-state index contributed by atoms with van der Waals surface area (Å²) in [6, 6.07) is 18.9. The van der Waals surface area contributed by atoms with Crippen LogP contribution in [0.5, 0.6) is 0 Å². The molecular weight excluding hydrogens is 358 g/mol. The van der Waals surface area contributed by atoms with E-state index in [2.05, 4.69) is 70.3 Å². The van der Waals surface area contributed by atoms with Gasteiger partial charge in [-0.1, -0.05) is 54.6 Å². The fourth-order valence-corrected chi connectivity index (χ4v) is 4.57. The lowest BCUT2D eigenvalue weighted by atomic mass is 9.96. The van der Waals surface area contributed by atoms with Crippen molar-refractivity contribution in [1.29, 1.82) is 0 Å². The molecule has 0 saturated carbocycles. The number of hydrogen-bond donors (Lipinski definition) is 0. The highest BCUT2D eigenvalue weighted by atomic mass is 16.2. The first-order chi connectivity index (χ1) is 14.2. The standard InChI is InChI=1S/C25H33N3O/c1-26-14-16-27(17-15-26)19-22-6-5-13-28(20-22)25(29)18-21-9-11-24(12-10-21)23-7-3-2-4-8-23/h2-4,7-12,22H,5-6,13-20H2,1H3. The molecule has 2 aliphatic rings. The van der Waals surface area contributed by atoms with Crippen LogP contribution < -0.4 is 0 Å². The summed E-state index contributed by atoms with van der Waals surface area (Å²) in [6.07, 6.45) is 2.90. The molecule has 4 rings (SSSR count). The Bertz CT molecular complexity index is 781. The fraction of sp³-hybridized carbons (Fsp3) is 0.480. The van der Waals surface area contributed by atoms with Crippen LogP contribution in [0.1, 0.15) is 18.4 Å². The van der Waals surface area contributed by atoms with Crippen LogP contribution in [-0.4, -0.2) is 73.5 Å². The minimum absolute atomic E-state index is 0.278. The van der Waals surface area contributed by atoms with Gasteiger partial charge in [-0.2, -0.15) is 0 Å². The van der Waals surface area contributed by atoms with Gasteiger partial charge in [0.1, 0.15) is 0 Å². The lowest BCUT2D eigenvalue weighted by Gasteiger charge is -2.38. The summed E-state index contributed by atoms with van der Waals surface area (Å²) >= 11 is 0. The Morgan fingerprint density at radius 1 is 0.897 bits per heavy atom. The van der Waals surface area contributed by atoms with E-state index >= 15 is 0 Å². The Morgan fingerprint density at radius 3 is 2.31 bits per heavy atom. The van der Waals surface area contributed by atoms with Crippen LogP contribution >= 0.6 is 0 Å². The Balaban J connectivity index is 1.30. The van der Waals surface area contributed by atoms with Gasteiger partial charge in [0, 0.05) is 45.8 Å². The average molecular weight is 392 g/mol. The summed E-state index contributed by atoms with van der Waals surface area (Å²) in [5.74, 6) is 0.900. The van der Waals surface area contributed by atoms with E-state index in [4.69, 9.17) is 0 Å². The van der Waals surface area contributed by atoms with Gasteiger partial charge < -0.3 is 14.7 Å². The zero-order chi connectivity index (χ0) is 20.1. The monoisotopic (exact) mass is 391 g/mol. The summed E-state index contributed by atoms with van der Waals surface area (Å²) in [6.45, 7) is 7.63. The molecule has 0 aliphatic carbocycles. The van der Waals surface area contributed by atoms with Crippen LogP contribution in [0.25, 0.3) is 11.1 Å². The third kappa shape index (κ3) is 5.46. The van der Waals surface area contributed by atoms with E-state index in [-0.39, 0.29) is 5.91 Å². The number of benzene rings is 2. The second kappa shape index (κ2) is 9.55. The van der Waals surface area contributed by atoms with Crippen molar-refractivity contribution in [2.24, 2.45) is 5.92 Å². The number of amides is 1. The van der Waals surface area contributed by atoms with Gasteiger partial charge in [-0.25, -0.2) is 0 Å². The molecule has 0 N–H and O–H groups in total. The van der Waals surface area contributed by atoms with Gasteiger partial charge in [0.2, 0.25) is 5.91 Å². The van der Waals surface area contributed by atoms with Crippen LogP contribution in [0.15, 0.2) is 54.6 Å². The lowest BCUT2D eigenvalue weighted by Crippen LogP contribution is -2.49. The van der Waals surface area contributed by atoms with E-state index in [1.54, 1.807) is 0 Å². The number of rotatable bonds is 5. The van der Waals surface area contributed by atoms with Gasteiger partial charge in [0.05, 0.1) is 6.42 Å². The third-order valence-corrected chi connectivity index (χ3v) is 6.40. The van der Waals surface area contributed by atoms with Crippen molar-refractivity contribution < 1.29 is 4.79 Å². The molecule has 1 atom stereocenters. The molecule has 2 fully saturated rings. The van der Waals surface area contributed by atoms with Crippen molar-refractivity contribution in [2.45, 2.75) is 19.3 Å². The molecule has 2 aromatic rings. The van der Waals surface area contributed by atoms with Crippen LogP contribution in [0.4, 0.5) is 0 Å². The Hall–Kier alpha value is -2.17. The molecule has 1 unspecified atom stereocenters. The number of nitrogens with zero attached hydrogens (tertiary/aromatic N) is 3. The number of piperidine rings is 1. The van der Waals surface area contributed by atoms with Gasteiger partial charge >= 0.3 is 0 Å². The van der Waals surface area contributed by atoms with Crippen molar-refractivity contribution in [2.75, 3.05) is 52.9 Å². The lowest BCUT2D eigenvalue weighted by molar-refractivity contribution is -0.132. The van der Waals surface area contributed by atoms with Crippen LogP contribution in [0, 0.1) is 5.92 Å². The van der Waals surface area contributed by atoms with Crippen molar-refractivity contribution in [3.05, 3.63) is 60.2 Å². The highest BCUT2D eigenvalue weighted by Gasteiger charge is 2.26. The maximum atomic E-state index is 12.9. The van der Waals surface area contributed by atoms with Crippen molar-refractivity contribution in [1.82, 2.24) is 14.7 Å². The molecule has 0 spiro atoms. The van der Waals surface area contributed by atoms with Crippen LogP contribution in [0.3, 0.4) is 0 Å². The minimum atomic E-state index is 0.278. The molecule has 2 saturated heterocycles. The molecular formula is C25H33N3O. The summed E-state index contributed by atoms with van der Waals surface area (Å²) < 4.78 is 0. The van der Waals surface area contributed by atoms with Crippen LogP contribution in [0.2, 0.25) is 0 Å². The average Bonchev–Trinajstić information content (AvgIpc) is 2.77. The van der Waals surface area contributed by atoms with E-state index in [9.17, 15) is 4.79 Å². The first-order valence-electron chi connectivity index (χ1n) is 11.0. The maximum Gasteiger partial charge on any atom is 0.226 e. The van der Waals surface area contributed by atoms with E-state index in [1.165, 1.54) is 17.5 Å². The molecule has 1 amide bonds. The van der Waals surface area contributed by atoms with E-state index in [1.807, 2.05) is 6.07 Å². The summed E-state index contributed by atoms with van der Waals surface area (Å²) in [4.78, 5) is 20.0. The molecule has 0 radical (unpaired) electrons. The Kier molecular flexibility index (Phi) is 6.63. The Morgan fingerprint density at radius 2 is 1.59 bits per heavy atom. The van der Waals surface area contributed by atoms with Gasteiger partial charge in [-0.05, 0) is 42.5 Å². The van der Waals surface area contributed by atoms with Gasteiger partial charge in [-0.15, -0.1) is 0 Å². The normalized spacial score (nSPS) is 21.3. The van der Waals surface area contributed by atoms with Crippen LogP contribution in [-0.2, 0) is 11.2 Å². The second-order valence-electron chi connectivity index (χ2n) is 8.69.